The van der Waals surface area contributed by atoms with E-state index in [9.17, 15) is 9.59 Å². The Bertz CT molecular complexity index is 479. The minimum Gasteiger partial charge on any atom is -0.479 e. The SMILES string of the molecule is CCNC(=O)NC(=O)C(C)Oc1cc(Cl)ccc1N. The fourth-order valence-electron chi connectivity index (χ4n) is 1.27. The molecule has 0 aliphatic carbocycles. The predicted molar refractivity (Wildman–Crippen MR) is 73.2 cm³/mol. The fraction of sp³-hybridized carbons (Fsp3) is 0.333. The molecule has 0 spiro atoms. The molecule has 0 aromatic heterocycles. The van der Waals surface area contributed by atoms with Gasteiger partial charge in [-0.3, -0.25) is 10.1 Å². The molecule has 1 rings (SSSR count). The van der Waals surface area contributed by atoms with Gasteiger partial charge in [0, 0.05) is 17.6 Å². The number of carbonyl (C=O) groups is 2. The molecular formula is C12H16ClN3O3. The Morgan fingerprint density at radius 2 is 2.16 bits per heavy atom. The van der Waals surface area contributed by atoms with Gasteiger partial charge in [0.25, 0.3) is 5.91 Å². The van der Waals surface area contributed by atoms with E-state index in [1.807, 2.05) is 0 Å². The molecule has 0 saturated carbocycles. The van der Waals surface area contributed by atoms with Crippen molar-refractivity contribution in [3.05, 3.63) is 23.2 Å². The monoisotopic (exact) mass is 285 g/mol. The van der Waals surface area contributed by atoms with Crippen LogP contribution in [0.1, 0.15) is 13.8 Å². The van der Waals surface area contributed by atoms with Gasteiger partial charge in [-0.15, -0.1) is 0 Å². The van der Waals surface area contributed by atoms with Gasteiger partial charge in [0.05, 0.1) is 5.69 Å². The van der Waals surface area contributed by atoms with Crippen LogP contribution in [-0.4, -0.2) is 24.6 Å². The van der Waals surface area contributed by atoms with Gasteiger partial charge in [0.1, 0.15) is 5.75 Å². The molecule has 1 atom stereocenters. The van der Waals surface area contributed by atoms with Crippen molar-refractivity contribution in [1.82, 2.24) is 10.6 Å². The van der Waals surface area contributed by atoms with Crippen LogP contribution >= 0.6 is 11.6 Å². The second kappa shape index (κ2) is 6.84. The lowest BCUT2D eigenvalue weighted by Gasteiger charge is -2.15. The minimum atomic E-state index is -0.872. The number of nitrogens with two attached hydrogens (primary N) is 1. The molecule has 0 aliphatic heterocycles. The molecule has 7 heteroatoms. The number of hydrogen-bond donors (Lipinski definition) is 3. The zero-order chi connectivity index (χ0) is 14.4. The van der Waals surface area contributed by atoms with Gasteiger partial charge < -0.3 is 15.8 Å². The Labute approximate surface area is 116 Å². The van der Waals surface area contributed by atoms with Crippen LogP contribution in [0.25, 0.3) is 0 Å². The molecule has 1 unspecified atom stereocenters. The van der Waals surface area contributed by atoms with Crippen LogP contribution in [0.15, 0.2) is 18.2 Å². The van der Waals surface area contributed by atoms with Crippen molar-refractivity contribution in [2.45, 2.75) is 20.0 Å². The van der Waals surface area contributed by atoms with E-state index >= 15 is 0 Å². The van der Waals surface area contributed by atoms with E-state index in [4.69, 9.17) is 22.1 Å². The van der Waals surface area contributed by atoms with E-state index in [1.54, 1.807) is 19.1 Å². The minimum absolute atomic E-state index is 0.297. The van der Waals surface area contributed by atoms with Gasteiger partial charge in [-0.2, -0.15) is 0 Å². The summed E-state index contributed by atoms with van der Waals surface area (Å²) in [5, 5.41) is 5.04. The molecule has 6 nitrogen and oxygen atoms in total. The number of urea groups is 1. The average molecular weight is 286 g/mol. The van der Waals surface area contributed by atoms with Crippen LogP contribution in [0.5, 0.6) is 5.75 Å². The smallest absolute Gasteiger partial charge is 0.321 e. The molecule has 104 valence electrons. The summed E-state index contributed by atoms with van der Waals surface area (Å²) < 4.78 is 5.37. The van der Waals surface area contributed by atoms with Gasteiger partial charge in [-0.1, -0.05) is 11.6 Å². The van der Waals surface area contributed by atoms with Crippen LogP contribution in [-0.2, 0) is 4.79 Å². The molecule has 0 fully saturated rings. The summed E-state index contributed by atoms with van der Waals surface area (Å²) in [5.74, 6) is -0.267. The Balaban J connectivity index is 2.63. The highest BCUT2D eigenvalue weighted by Crippen LogP contribution is 2.26. The standard InChI is InChI=1S/C12H16ClN3O3/c1-3-15-12(18)16-11(17)7(2)19-10-6-8(13)4-5-9(10)14/h4-7H,3,14H2,1-2H3,(H2,15,16,17,18). The lowest BCUT2D eigenvalue weighted by Crippen LogP contribution is -2.45. The molecule has 0 aliphatic rings. The predicted octanol–water partition coefficient (Wildman–Crippen LogP) is 1.54. The number of anilines is 1. The molecule has 3 amide bonds. The Hall–Kier alpha value is -1.95. The van der Waals surface area contributed by atoms with E-state index in [1.165, 1.54) is 13.0 Å². The first-order valence-electron chi connectivity index (χ1n) is 5.74. The van der Waals surface area contributed by atoms with Gasteiger partial charge >= 0.3 is 6.03 Å². The summed E-state index contributed by atoms with van der Waals surface area (Å²) in [7, 11) is 0. The number of halogens is 1. The summed E-state index contributed by atoms with van der Waals surface area (Å²) in [6.45, 7) is 3.68. The number of carbonyl (C=O) groups excluding carboxylic acids is 2. The summed E-state index contributed by atoms with van der Waals surface area (Å²) >= 11 is 5.81. The van der Waals surface area contributed by atoms with Gasteiger partial charge in [0.2, 0.25) is 0 Å². The zero-order valence-corrected chi connectivity index (χ0v) is 11.5. The summed E-state index contributed by atoms with van der Waals surface area (Å²) in [4.78, 5) is 22.8. The molecule has 19 heavy (non-hydrogen) atoms. The largest absolute Gasteiger partial charge is 0.479 e. The maximum atomic E-state index is 11.7. The number of ether oxygens (including phenoxy) is 1. The van der Waals surface area contributed by atoms with Crippen LogP contribution in [0.4, 0.5) is 10.5 Å². The van der Waals surface area contributed by atoms with E-state index < -0.39 is 18.0 Å². The molecule has 0 saturated heterocycles. The van der Waals surface area contributed by atoms with Gasteiger partial charge in [0.15, 0.2) is 6.10 Å². The average Bonchev–Trinajstić information content (AvgIpc) is 2.34. The van der Waals surface area contributed by atoms with Crippen molar-refractivity contribution in [2.24, 2.45) is 0 Å². The second-order valence-corrected chi connectivity index (χ2v) is 4.23. The van der Waals surface area contributed by atoms with Crippen LogP contribution in [0.3, 0.4) is 0 Å². The zero-order valence-electron chi connectivity index (χ0n) is 10.7. The lowest BCUT2D eigenvalue weighted by molar-refractivity contribution is -0.126. The maximum Gasteiger partial charge on any atom is 0.321 e. The first kappa shape index (κ1) is 15.1. The fourth-order valence-corrected chi connectivity index (χ4v) is 1.43. The van der Waals surface area contributed by atoms with Crippen molar-refractivity contribution in [3.63, 3.8) is 0 Å². The third-order valence-electron chi connectivity index (χ3n) is 2.22. The van der Waals surface area contributed by atoms with E-state index in [0.29, 0.717) is 23.0 Å². The third-order valence-corrected chi connectivity index (χ3v) is 2.46. The molecule has 4 N–H and O–H groups in total. The Morgan fingerprint density at radius 3 is 2.79 bits per heavy atom. The summed E-state index contributed by atoms with van der Waals surface area (Å²) in [5.41, 5.74) is 6.06. The van der Waals surface area contributed by atoms with Crippen molar-refractivity contribution in [1.29, 1.82) is 0 Å². The van der Waals surface area contributed by atoms with Crippen molar-refractivity contribution in [2.75, 3.05) is 12.3 Å². The van der Waals surface area contributed by atoms with Crippen molar-refractivity contribution >= 4 is 29.2 Å². The summed E-state index contributed by atoms with van der Waals surface area (Å²) in [6, 6.07) is 4.13. The third kappa shape index (κ3) is 4.67. The lowest BCUT2D eigenvalue weighted by atomic mass is 10.3. The van der Waals surface area contributed by atoms with Crippen LogP contribution < -0.4 is 21.1 Å². The van der Waals surface area contributed by atoms with E-state index in [-0.39, 0.29) is 0 Å². The molecule has 0 heterocycles. The maximum absolute atomic E-state index is 11.7. The molecule has 1 aromatic rings. The molecule has 1 aromatic carbocycles. The molecule has 0 radical (unpaired) electrons. The Kier molecular flexibility index (Phi) is 5.44. The summed E-state index contributed by atoms with van der Waals surface area (Å²) in [6.07, 6.45) is -0.872. The van der Waals surface area contributed by atoms with Crippen molar-refractivity contribution in [3.8, 4) is 5.75 Å². The normalized spacial score (nSPS) is 11.5. The van der Waals surface area contributed by atoms with Crippen LogP contribution in [0, 0.1) is 0 Å². The topological polar surface area (TPSA) is 93.5 Å². The van der Waals surface area contributed by atoms with Crippen LogP contribution in [0.2, 0.25) is 5.02 Å². The number of nitrogens with one attached hydrogen (secondary N) is 2. The molecule has 0 bridgehead atoms. The van der Waals surface area contributed by atoms with E-state index in [2.05, 4.69) is 10.6 Å². The first-order chi connectivity index (χ1) is 8.93. The first-order valence-corrected chi connectivity index (χ1v) is 6.12. The number of nitrogen functional groups attached to an aromatic ring is 1. The molecular weight excluding hydrogens is 270 g/mol. The Morgan fingerprint density at radius 1 is 1.47 bits per heavy atom. The number of rotatable bonds is 4. The highest BCUT2D eigenvalue weighted by molar-refractivity contribution is 6.30. The highest BCUT2D eigenvalue weighted by atomic mass is 35.5. The quantitative estimate of drug-likeness (QED) is 0.732. The number of amides is 3. The second-order valence-electron chi connectivity index (χ2n) is 3.79. The number of hydrogen-bond acceptors (Lipinski definition) is 4. The highest BCUT2D eigenvalue weighted by Gasteiger charge is 2.18. The van der Waals surface area contributed by atoms with Gasteiger partial charge in [-0.25, -0.2) is 4.79 Å². The number of imide groups is 1. The van der Waals surface area contributed by atoms with Crippen molar-refractivity contribution < 1.29 is 14.3 Å². The van der Waals surface area contributed by atoms with E-state index in [0.717, 1.165) is 0 Å². The van der Waals surface area contributed by atoms with Gasteiger partial charge in [-0.05, 0) is 26.0 Å². The number of benzene rings is 1.